The summed E-state index contributed by atoms with van der Waals surface area (Å²) in [4.78, 5) is 32.8. The van der Waals surface area contributed by atoms with Gasteiger partial charge in [0.1, 0.15) is 17.2 Å². The van der Waals surface area contributed by atoms with Gasteiger partial charge in [0, 0.05) is 43.9 Å². The first-order valence-electron chi connectivity index (χ1n) is 11.1. The van der Waals surface area contributed by atoms with Crippen LogP contribution in [0.2, 0.25) is 0 Å². The van der Waals surface area contributed by atoms with Crippen LogP contribution in [0.5, 0.6) is 11.5 Å². The van der Waals surface area contributed by atoms with Gasteiger partial charge >= 0.3 is 0 Å². The molecule has 1 N–H and O–H groups in total. The van der Waals surface area contributed by atoms with Crippen LogP contribution in [-0.2, 0) is 0 Å². The van der Waals surface area contributed by atoms with Gasteiger partial charge in [-0.05, 0) is 43.4 Å². The molecule has 0 aliphatic carbocycles. The van der Waals surface area contributed by atoms with E-state index in [1.165, 1.54) is 17.4 Å². The number of piperazine rings is 1. The number of carbonyl (C=O) groups is 1. The minimum absolute atomic E-state index is 0.0748. The third-order valence-electron chi connectivity index (χ3n) is 5.84. The minimum atomic E-state index is -0.446. The van der Waals surface area contributed by atoms with Crippen LogP contribution in [0.25, 0.3) is 10.2 Å². The average molecular weight is 490 g/mol. The fraction of sp³-hybridized carbons (Fsp3) is 0.200. The minimum Gasteiger partial charge on any atom is -0.457 e. The van der Waals surface area contributed by atoms with Crippen molar-refractivity contribution in [3.63, 3.8) is 0 Å². The highest BCUT2D eigenvalue weighted by atomic mass is 32.1. The molecule has 4 aromatic rings. The third-order valence-corrected chi connectivity index (χ3v) is 6.77. The monoisotopic (exact) mass is 489 g/mol. The Morgan fingerprint density at radius 2 is 1.80 bits per heavy atom. The molecule has 1 amide bonds. The molecule has 2 heterocycles. The van der Waals surface area contributed by atoms with Crippen molar-refractivity contribution in [2.45, 2.75) is 0 Å². The lowest BCUT2D eigenvalue weighted by Gasteiger charge is -2.33. The number of ether oxygens (including phenoxy) is 1. The second-order valence-electron chi connectivity index (χ2n) is 8.27. The standard InChI is InChI=1S/C25H23N5O4S/c1-28-11-13-29(14-12-28)21-10-7-17(15-22(21)30(32)33)24(31)27-25-26-20-9-8-19(16-23(20)35-25)34-18-5-3-2-4-6-18/h2-10,15-16H,11-14H2,1H3,(H,26,27,31). The second-order valence-corrected chi connectivity index (χ2v) is 9.30. The van der Waals surface area contributed by atoms with Gasteiger partial charge in [0.05, 0.1) is 15.1 Å². The molecule has 0 spiro atoms. The van der Waals surface area contributed by atoms with Gasteiger partial charge < -0.3 is 14.5 Å². The Balaban J connectivity index is 1.33. The molecule has 0 saturated carbocycles. The van der Waals surface area contributed by atoms with E-state index in [9.17, 15) is 14.9 Å². The number of hydrogen-bond acceptors (Lipinski definition) is 8. The molecule has 1 aliphatic rings. The molecule has 0 bridgehead atoms. The Morgan fingerprint density at radius 1 is 1.03 bits per heavy atom. The summed E-state index contributed by atoms with van der Waals surface area (Å²) in [6, 6.07) is 19.6. The highest BCUT2D eigenvalue weighted by molar-refractivity contribution is 7.22. The summed E-state index contributed by atoms with van der Waals surface area (Å²) in [5, 5.41) is 14.9. The number of nitro groups is 1. The van der Waals surface area contributed by atoms with Crippen molar-refractivity contribution < 1.29 is 14.5 Å². The van der Waals surface area contributed by atoms with E-state index >= 15 is 0 Å². The van der Waals surface area contributed by atoms with Crippen molar-refractivity contribution in [1.82, 2.24) is 9.88 Å². The summed E-state index contributed by atoms with van der Waals surface area (Å²) in [5.74, 6) is 0.949. The summed E-state index contributed by atoms with van der Waals surface area (Å²) in [6.45, 7) is 3.05. The van der Waals surface area contributed by atoms with Crippen LogP contribution in [0.4, 0.5) is 16.5 Å². The van der Waals surface area contributed by atoms with Crippen molar-refractivity contribution >= 4 is 44.0 Å². The van der Waals surface area contributed by atoms with Gasteiger partial charge in [0.15, 0.2) is 5.13 Å². The van der Waals surface area contributed by atoms with Gasteiger partial charge in [-0.1, -0.05) is 29.5 Å². The summed E-state index contributed by atoms with van der Waals surface area (Å²) < 4.78 is 6.72. The number of amides is 1. The van der Waals surface area contributed by atoms with Crippen LogP contribution < -0.4 is 15.0 Å². The lowest BCUT2D eigenvalue weighted by atomic mass is 10.1. The first-order valence-corrected chi connectivity index (χ1v) is 11.9. The molecule has 10 heteroatoms. The number of likely N-dealkylation sites (N-methyl/N-ethyl adjacent to an activating group) is 1. The number of benzene rings is 3. The number of nitrogens with one attached hydrogen (secondary N) is 1. The highest BCUT2D eigenvalue weighted by Crippen LogP contribution is 2.33. The number of nitro benzene ring substituents is 1. The fourth-order valence-electron chi connectivity index (χ4n) is 3.94. The number of fused-ring (bicyclic) bond motifs is 1. The van der Waals surface area contributed by atoms with Gasteiger partial charge in [-0.3, -0.25) is 20.2 Å². The predicted octanol–water partition coefficient (Wildman–Crippen LogP) is 5.00. The maximum absolute atomic E-state index is 12.9. The SMILES string of the molecule is CN1CCN(c2ccc(C(=O)Nc3nc4ccc(Oc5ccccc5)cc4s3)cc2[N+](=O)[O-])CC1. The van der Waals surface area contributed by atoms with Crippen molar-refractivity contribution in [3.8, 4) is 11.5 Å². The Labute approximate surface area is 205 Å². The molecular weight excluding hydrogens is 466 g/mol. The molecule has 1 fully saturated rings. The molecule has 1 aromatic heterocycles. The molecule has 1 saturated heterocycles. The quantitative estimate of drug-likeness (QED) is 0.300. The third kappa shape index (κ3) is 5.08. The first kappa shape index (κ1) is 22.8. The molecule has 0 radical (unpaired) electrons. The number of nitrogens with zero attached hydrogens (tertiary/aromatic N) is 4. The Morgan fingerprint density at radius 3 is 2.54 bits per heavy atom. The van der Waals surface area contributed by atoms with E-state index in [0.717, 1.165) is 29.1 Å². The van der Waals surface area contributed by atoms with Crippen LogP contribution >= 0.6 is 11.3 Å². The first-order chi connectivity index (χ1) is 17.0. The number of aromatic nitrogens is 1. The van der Waals surface area contributed by atoms with E-state index in [2.05, 4.69) is 15.2 Å². The number of thiazole rings is 1. The number of anilines is 2. The molecular formula is C25H23N5O4S. The van der Waals surface area contributed by atoms with Crippen LogP contribution in [0, 0.1) is 10.1 Å². The zero-order valence-electron chi connectivity index (χ0n) is 19.0. The van der Waals surface area contributed by atoms with E-state index in [-0.39, 0.29) is 11.3 Å². The second kappa shape index (κ2) is 9.69. The Bertz CT molecular complexity index is 1380. The zero-order valence-corrected chi connectivity index (χ0v) is 19.8. The molecule has 0 atom stereocenters. The molecule has 5 rings (SSSR count). The summed E-state index contributed by atoms with van der Waals surface area (Å²) in [6.07, 6.45) is 0. The maximum Gasteiger partial charge on any atom is 0.293 e. The van der Waals surface area contributed by atoms with Crippen molar-refractivity contribution in [1.29, 1.82) is 0 Å². The molecule has 3 aromatic carbocycles. The van der Waals surface area contributed by atoms with Gasteiger partial charge in [-0.25, -0.2) is 4.98 Å². The van der Waals surface area contributed by atoms with Crippen LogP contribution in [-0.4, -0.2) is 53.9 Å². The van der Waals surface area contributed by atoms with E-state index in [1.807, 2.05) is 60.5 Å². The molecule has 0 unspecified atom stereocenters. The molecule has 178 valence electrons. The topological polar surface area (TPSA) is 101 Å². The molecule has 35 heavy (non-hydrogen) atoms. The predicted molar refractivity (Wildman–Crippen MR) is 137 cm³/mol. The van der Waals surface area contributed by atoms with Crippen molar-refractivity contribution in [2.24, 2.45) is 0 Å². The van der Waals surface area contributed by atoms with Crippen LogP contribution in [0.3, 0.4) is 0 Å². The van der Waals surface area contributed by atoms with Crippen molar-refractivity contribution in [2.75, 3.05) is 43.4 Å². The fourth-order valence-corrected chi connectivity index (χ4v) is 4.83. The Hall–Kier alpha value is -4.02. The highest BCUT2D eigenvalue weighted by Gasteiger charge is 2.24. The van der Waals surface area contributed by atoms with Crippen LogP contribution in [0.1, 0.15) is 10.4 Å². The number of rotatable bonds is 6. The molecule has 1 aliphatic heterocycles. The lowest BCUT2D eigenvalue weighted by molar-refractivity contribution is -0.384. The van der Waals surface area contributed by atoms with E-state index < -0.39 is 10.8 Å². The van der Waals surface area contributed by atoms with Gasteiger partial charge in [0.2, 0.25) is 0 Å². The summed E-state index contributed by atoms with van der Waals surface area (Å²) in [7, 11) is 2.03. The van der Waals surface area contributed by atoms with E-state index in [0.29, 0.717) is 29.7 Å². The normalized spacial score (nSPS) is 14.1. The lowest BCUT2D eigenvalue weighted by Crippen LogP contribution is -2.44. The average Bonchev–Trinajstić information content (AvgIpc) is 3.26. The van der Waals surface area contributed by atoms with Crippen molar-refractivity contribution in [3.05, 3.63) is 82.4 Å². The largest absolute Gasteiger partial charge is 0.457 e. The number of carbonyl (C=O) groups excluding carboxylic acids is 1. The maximum atomic E-state index is 12.9. The summed E-state index contributed by atoms with van der Waals surface area (Å²) >= 11 is 1.31. The number of para-hydroxylation sites is 1. The van der Waals surface area contributed by atoms with E-state index in [1.54, 1.807) is 12.1 Å². The smallest absolute Gasteiger partial charge is 0.293 e. The Kier molecular flexibility index (Phi) is 6.30. The summed E-state index contributed by atoms with van der Waals surface area (Å²) in [5.41, 5.74) is 1.39. The number of hydrogen-bond donors (Lipinski definition) is 1. The van der Waals surface area contributed by atoms with Gasteiger partial charge in [0.25, 0.3) is 11.6 Å². The zero-order chi connectivity index (χ0) is 24.4. The molecule has 9 nitrogen and oxygen atoms in total. The van der Waals surface area contributed by atoms with Gasteiger partial charge in [-0.15, -0.1) is 0 Å². The van der Waals surface area contributed by atoms with Crippen LogP contribution in [0.15, 0.2) is 66.7 Å². The van der Waals surface area contributed by atoms with E-state index in [4.69, 9.17) is 4.74 Å². The van der Waals surface area contributed by atoms with Gasteiger partial charge in [-0.2, -0.15) is 0 Å².